The largest absolute Gasteiger partial charge is 0.573 e. The van der Waals surface area contributed by atoms with Gasteiger partial charge in [-0.2, -0.15) is 0 Å². The summed E-state index contributed by atoms with van der Waals surface area (Å²) in [7, 11) is 0. The van der Waals surface area contributed by atoms with Crippen molar-refractivity contribution in [3.8, 4) is 5.75 Å². The molecule has 1 fully saturated rings. The van der Waals surface area contributed by atoms with E-state index in [0.717, 1.165) is 5.82 Å². The summed E-state index contributed by atoms with van der Waals surface area (Å²) in [5.74, 6) is 0.161. The van der Waals surface area contributed by atoms with Gasteiger partial charge in [0.05, 0.1) is 5.02 Å². The number of piperazine rings is 1. The van der Waals surface area contributed by atoms with E-state index in [4.69, 9.17) is 11.6 Å². The number of carbonyl (C=O) groups is 1. The van der Waals surface area contributed by atoms with Crippen LogP contribution in [0.2, 0.25) is 5.02 Å². The highest BCUT2D eigenvalue weighted by molar-refractivity contribution is 6.30. The summed E-state index contributed by atoms with van der Waals surface area (Å²) in [6.45, 7) is 2.16. The van der Waals surface area contributed by atoms with Crippen LogP contribution in [0.5, 0.6) is 5.75 Å². The maximum Gasteiger partial charge on any atom is 0.573 e. The normalized spacial score (nSPS) is 15.1. The average molecular weight is 412 g/mol. The van der Waals surface area contributed by atoms with E-state index < -0.39 is 6.36 Å². The first kappa shape index (κ1) is 20.0. The molecule has 5 nitrogen and oxygen atoms in total. The number of pyridine rings is 1. The molecular weight excluding hydrogens is 395 g/mol. The first-order valence-corrected chi connectivity index (χ1v) is 8.88. The topological polar surface area (TPSA) is 45.7 Å². The summed E-state index contributed by atoms with van der Waals surface area (Å²) in [6, 6.07) is 9.24. The van der Waals surface area contributed by atoms with Crippen LogP contribution in [-0.4, -0.2) is 48.3 Å². The number of amides is 1. The summed E-state index contributed by atoms with van der Waals surface area (Å²) in [5.41, 5.74) is 0.178. The van der Waals surface area contributed by atoms with Crippen LogP contribution in [0.1, 0.15) is 5.56 Å². The van der Waals surface area contributed by atoms with E-state index >= 15 is 0 Å². The molecule has 0 spiro atoms. The predicted octanol–water partition coefficient (Wildman–Crippen LogP) is 4.00. The number of carbonyl (C=O) groups excluding carboxylic acids is 1. The third-order valence-corrected chi connectivity index (χ3v) is 4.40. The molecule has 1 aromatic heterocycles. The summed E-state index contributed by atoms with van der Waals surface area (Å²) in [6.07, 6.45) is -0.636. The van der Waals surface area contributed by atoms with Gasteiger partial charge < -0.3 is 14.5 Å². The Labute approximate surface area is 165 Å². The van der Waals surface area contributed by atoms with E-state index in [9.17, 15) is 18.0 Å². The lowest BCUT2D eigenvalue weighted by atomic mass is 10.2. The number of benzene rings is 1. The molecule has 2 aromatic rings. The third kappa shape index (κ3) is 5.39. The fourth-order valence-corrected chi connectivity index (χ4v) is 2.93. The third-order valence-electron chi connectivity index (χ3n) is 4.18. The molecule has 148 valence electrons. The Hall–Kier alpha value is -2.74. The average Bonchev–Trinajstić information content (AvgIpc) is 2.67. The quantitative estimate of drug-likeness (QED) is 0.713. The van der Waals surface area contributed by atoms with Crippen molar-refractivity contribution in [1.82, 2.24) is 9.88 Å². The Bertz CT molecular complexity index is 848. The Kier molecular flexibility index (Phi) is 6.08. The van der Waals surface area contributed by atoms with Gasteiger partial charge in [-0.25, -0.2) is 4.98 Å². The highest BCUT2D eigenvalue weighted by Crippen LogP contribution is 2.27. The highest BCUT2D eigenvalue weighted by atomic mass is 35.5. The van der Waals surface area contributed by atoms with E-state index in [0.29, 0.717) is 31.2 Å². The van der Waals surface area contributed by atoms with E-state index in [1.165, 1.54) is 30.4 Å². The van der Waals surface area contributed by atoms with Crippen molar-refractivity contribution in [2.24, 2.45) is 0 Å². The smallest absolute Gasteiger partial charge is 0.405 e. The lowest BCUT2D eigenvalue weighted by molar-refractivity contribution is -0.274. The van der Waals surface area contributed by atoms with Crippen LogP contribution < -0.4 is 9.64 Å². The van der Waals surface area contributed by atoms with Crippen molar-refractivity contribution >= 4 is 29.4 Å². The van der Waals surface area contributed by atoms with Gasteiger partial charge in [0.15, 0.2) is 0 Å². The maximum absolute atomic E-state index is 12.5. The number of alkyl halides is 3. The second-order valence-electron chi connectivity index (χ2n) is 6.07. The van der Waals surface area contributed by atoms with Crippen LogP contribution in [0.15, 0.2) is 48.7 Å². The van der Waals surface area contributed by atoms with Crippen LogP contribution in [0.25, 0.3) is 6.08 Å². The van der Waals surface area contributed by atoms with Crippen molar-refractivity contribution in [3.63, 3.8) is 0 Å². The number of para-hydroxylation sites is 1. The van der Waals surface area contributed by atoms with Crippen molar-refractivity contribution in [2.45, 2.75) is 6.36 Å². The lowest BCUT2D eigenvalue weighted by Crippen LogP contribution is -2.48. The zero-order valence-corrected chi connectivity index (χ0v) is 15.5. The van der Waals surface area contributed by atoms with E-state index in [-0.39, 0.29) is 17.2 Å². The van der Waals surface area contributed by atoms with Crippen LogP contribution in [-0.2, 0) is 4.79 Å². The van der Waals surface area contributed by atoms with Gasteiger partial charge >= 0.3 is 6.36 Å². The Balaban J connectivity index is 1.60. The zero-order valence-electron chi connectivity index (χ0n) is 14.7. The van der Waals surface area contributed by atoms with Gasteiger partial charge in [-0.1, -0.05) is 29.8 Å². The monoisotopic (exact) mass is 411 g/mol. The number of anilines is 1. The summed E-state index contributed by atoms with van der Waals surface area (Å²) in [4.78, 5) is 20.3. The number of nitrogens with zero attached hydrogens (tertiary/aromatic N) is 3. The number of aromatic nitrogens is 1. The molecule has 0 radical (unpaired) electrons. The molecule has 1 aromatic carbocycles. The number of ether oxygens (including phenoxy) is 1. The second kappa shape index (κ2) is 8.52. The van der Waals surface area contributed by atoms with Gasteiger partial charge in [0.1, 0.15) is 11.6 Å². The predicted molar refractivity (Wildman–Crippen MR) is 100 cm³/mol. The molecule has 0 atom stereocenters. The van der Waals surface area contributed by atoms with Crippen LogP contribution in [0, 0.1) is 0 Å². The zero-order chi connectivity index (χ0) is 20.1. The Morgan fingerprint density at radius 3 is 2.46 bits per heavy atom. The minimum Gasteiger partial charge on any atom is -0.405 e. The first-order valence-electron chi connectivity index (χ1n) is 8.50. The Morgan fingerprint density at radius 2 is 1.82 bits per heavy atom. The molecule has 28 heavy (non-hydrogen) atoms. The van der Waals surface area contributed by atoms with Gasteiger partial charge in [-0.15, -0.1) is 13.2 Å². The summed E-state index contributed by atoms with van der Waals surface area (Å²) < 4.78 is 41.4. The Morgan fingerprint density at radius 1 is 1.11 bits per heavy atom. The van der Waals surface area contributed by atoms with Crippen molar-refractivity contribution < 1.29 is 22.7 Å². The molecule has 1 saturated heterocycles. The van der Waals surface area contributed by atoms with Gasteiger partial charge in [0, 0.05) is 44.0 Å². The maximum atomic E-state index is 12.5. The van der Waals surface area contributed by atoms with E-state index in [2.05, 4.69) is 9.72 Å². The molecule has 0 aliphatic carbocycles. The fraction of sp³-hybridized carbons (Fsp3) is 0.263. The number of hydrogen-bond acceptors (Lipinski definition) is 4. The molecule has 3 rings (SSSR count). The molecule has 2 heterocycles. The van der Waals surface area contributed by atoms with Crippen molar-refractivity contribution in [2.75, 3.05) is 31.1 Å². The van der Waals surface area contributed by atoms with Crippen molar-refractivity contribution in [3.05, 3.63) is 59.3 Å². The molecular formula is C19H17ClF3N3O2. The molecule has 1 aliphatic rings. The van der Waals surface area contributed by atoms with Crippen LogP contribution >= 0.6 is 11.6 Å². The highest BCUT2D eigenvalue weighted by Gasteiger charge is 2.31. The summed E-state index contributed by atoms with van der Waals surface area (Å²) in [5, 5.41) is 0.553. The lowest BCUT2D eigenvalue weighted by Gasteiger charge is -2.34. The fourth-order valence-electron chi connectivity index (χ4n) is 2.81. The van der Waals surface area contributed by atoms with Gasteiger partial charge in [0.2, 0.25) is 5.91 Å². The minimum absolute atomic E-state index is 0.178. The minimum atomic E-state index is -4.79. The van der Waals surface area contributed by atoms with E-state index in [1.54, 1.807) is 23.2 Å². The SMILES string of the molecule is O=C(/C=C/c1ccccc1OC(F)(F)F)N1CCN(c2ccc(Cl)cn2)CC1. The number of halogens is 4. The molecule has 0 bridgehead atoms. The molecule has 1 aliphatic heterocycles. The molecule has 1 amide bonds. The second-order valence-corrected chi connectivity index (χ2v) is 6.50. The van der Waals surface area contributed by atoms with Gasteiger partial charge in [-0.05, 0) is 24.3 Å². The van der Waals surface area contributed by atoms with Gasteiger partial charge in [-0.3, -0.25) is 4.79 Å². The molecule has 9 heteroatoms. The molecule has 0 unspecified atom stereocenters. The van der Waals surface area contributed by atoms with E-state index in [1.807, 2.05) is 11.0 Å². The van der Waals surface area contributed by atoms with Crippen molar-refractivity contribution in [1.29, 1.82) is 0 Å². The molecule has 0 N–H and O–H groups in total. The van der Waals surface area contributed by atoms with Crippen LogP contribution in [0.3, 0.4) is 0 Å². The number of rotatable bonds is 4. The van der Waals surface area contributed by atoms with Gasteiger partial charge in [0.25, 0.3) is 0 Å². The standard InChI is InChI=1S/C19H17ClF3N3O2/c20-15-6-7-17(24-13-15)25-9-11-26(12-10-25)18(27)8-5-14-3-1-2-4-16(14)28-19(21,22)23/h1-8,13H,9-12H2/b8-5+. The first-order chi connectivity index (χ1) is 13.3. The summed E-state index contributed by atoms with van der Waals surface area (Å²) >= 11 is 5.83. The molecule has 0 saturated carbocycles. The van der Waals surface area contributed by atoms with Crippen LogP contribution in [0.4, 0.5) is 19.0 Å². The number of hydrogen-bond donors (Lipinski definition) is 0.